The average Bonchev–Trinajstić information content (AvgIpc) is 1.56. The molecule has 1 amide bonds. The van der Waals surface area contributed by atoms with Gasteiger partial charge in [-0.15, -0.1) is 22.6 Å². The number of nitrogens with two attached hydrogens (primary N) is 3. The van der Waals surface area contributed by atoms with Gasteiger partial charge in [-0.05, 0) is 258 Å². The minimum absolute atomic E-state index is 0. The van der Waals surface area contributed by atoms with Crippen molar-refractivity contribution in [2.75, 3.05) is 59.0 Å². The van der Waals surface area contributed by atoms with Crippen LogP contribution in [0.1, 0.15) is 223 Å². The second-order valence-corrected chi connectivity index (χ2v) is 35.7. The van der Waals surface area contributed by atoms with Gasteiger partial charge in [0.05, 0.1) is 23.7 Å². The fourth-order valence-corrected chi connectivity index (χ4v) is 21.0. The van der Waals surface area contributed by atoms with E-state index in [-0.39, 0.29) is 103 Å². The number of likely N-dealkylation sites (tertiary alicyclic amines) is 3. The van der Waals surface area contributed by atoms with Crippen LogP contribution in [0.25, 0.3) is 11.5 Å². The number of nitrogens with zero attached hydrogens (tertiary/aromatic N) is 5. The minimum Gasteiger partial charge on any atom is -0.550 e. The van der Waals surface area contributed by atoms with Crippen molar-refractivity contribution in [1.82, 2.24) is 35.6 Å². The maximum Gasteiger partial charge on any atom is 1.00 e. The Morgan fingerprint density at radius 2 is 0.872 bits per heavy atom. The van der Waals surface area contributed by atoms with E-state index in [4.69, 9.17) is 46.1 Å². The summed E-state index contributed by atoms with van der Waals surface area (Å²) in [4.78, 5) is 105. The predicted molar refractivity (Wildman–Crippen MR) is 486 cm³/mol. The van der Waals surface area contributed by atoms with Gasteiger partial charge in [-0.25, -0.2) is 25.2 Å². The fraction of sp³-hybridized carbons (Fsp3) is 0.531. The number of halogens is 8. The third kappa shape index (κ3) is 33.1. The molecule has 7 aromatic rings. The molecule has 12 fully saturated rings. The number of alkyl halides is 6. The number of carboxylic acids is 1. The molecule has 6 aromatic carbocycles. The van der Waals surface area contributed by atoms with Gasteiger partial charge in [0.2, 0.25) is 17.7 Å². The Hall–Kier alpha value is -8.57. The fourth-order valence-electron chi connectivity index (χ4n) is 20.9. The maximum atomic E-state index is 13.0. The van der Waals surface area contributed by atoms with Gasteiger partial charge in [-0.2, -0.15) is 35.9 Å². The largest absolute Gasteiger partial charge is 1.00 e. The zero-order chi connectivity index (χ0) is 93.1. The zero-order valence-corrected chi connectivity index (χ0v) is 79.9. The summed E-state index contributed by atoms with van der Waals surface area (Å²) < 4.78 is 86.3. The Bertz CT molecular complexity index is 4690. The summed E-state index contributed by atoms with van der Waals surface area (Å²) in [5.41, 5.74) is 6.77. The van der Waals surface area contributed by atoms with E-state index in [0.29, 0.717) is 77.2 Å². The summed E-state index contributed by atoms with van der Waals surface area (Å²) in [6.07, 6.45) is 11.9. The van der Waals surface area contributed by atoms with Gasteiger partial charge in [-0.1, -0.05) is 153 Å². The zero-order valence-electron chi connectivity index (χ0n) is 76.3. The first-order valence-electron chi connectivity index (χ1n) is 45.1. The van der Waals surface area contributed by atoms with Gasteiger partial charge in [0.25, 0.3) is 5.24 Å². The quantitative estimate of drug-likeness (QED) is 0.00986. The van der Waals surface area contributed by atoms with Gasteiger partial charge in [0, 0.05) is 121 Å². The molecular formula is C98H125BCl2F6N10NaO15. The summed E-state index contributed by atoms with van der Waals surface area (Å²) >= 11 is 5.02. The maximum absolute atomic E-state index is 13.0. The van der Waals surface area contributed by atoms with E-state index >= 15 is 0 Å². The number of esters is 1. The Morgan fingerprint density at radius 3 is 1.20 bits per heavy atom. The van der Waals surface area contributed by atoms with Gasteiger partial charge < -0.3 is 29.8 Å². The number of carbonyl (C=O) groups is 7. The Balaban J connectivity index is 0.000000245. The molecule has 0 spiro atoms. The van der Waals surface area contributed by atoms with Crippen molar-refractivity contribution in [1.29, 1.82) is 0 Å². The van der Waals surface area contributed by atoms with E-state index in [1.54, 1.807) is 6.07 Å². The Kier molecular flexibility index (Phi) is 46.8. The molecule has 25 nitrogen and oxygen atoms in total. The summed E-state index contributed by atoms with van der Waals surface area (Å²) in [5, 5.41) is 19.6. The SMILES string of the molecule is CC(=O)OOC(C)=O.CC(=O)[O-].CCC1[C@H]2CNC[C@@H]12.CCOC(=O)C1[C@H]2CN(C3CCC(c4ccccc4)CC3)C[C@@H]12.Cl.FC(F)(F)c1cccc(-c2nnc(C3[C@H]4CN(C5CCC(c6ccccc6)CC5)C[C@@H]34)o2)c1.NN.NNC(=O)C1[C@H]2CN(C3CCC(c4ccccc4)CC3)C[C@@H]12.O.O=C(Cl)c1cccc(C(F)(F)F)c1.O=C1CCC(c2ccccc2)CC1.O=C=O.[B].[Na+]. The number of Topliss-reactive ketones (excluding diaryl/α,β-unsaturated/α-hetero) is 1. The van der Waals surface area contributed by atoms with Gasteiger partial charge in [-0.3, -0.25) is 51.0 Å². The summed E-state index contributed by atoms with van der Waals surface area (Å²) in [7, 11) is 0. The number of amides is 1. The van der Waals surface area contributed by atoms with Gasteiger partial charge in [0.1, 0.15) is 5.78 Å². The minimum atomic E-state index is -4.44. The number of hydrogen-bond donors (Lipinski definition) is 5. The molecule has 19 rings (SSSR count). The van der Waals surface area contributed by atoms with E-state index < -0.39 is 46.6 Å². The molecule has 35 heteroatoms. The number of aromatic nitrogens is 2. The number of rotatable bonds is 14. The van der Waals surface area contributed by atoms with E-state index in [0.717, 1.165) is 158 Å². The summed E-state index contributed by atoms with van der Waals surface area (Å²) in [6.45, 7) is 17.1. The van der Waals surface area contributed by atoms with Crippen LogP contribution in [0.15, 0.2) is 174 Å². The molecule has 4 unspecified atom stereocenters. The van der Waals surface area contributed by atoms with Crippen molar-refractivity contribution in [2.24, 2.45) is 82.6 Å². The van der Waals surface area contributed by atoms with Crippen LogP contribution in [0.3, 0.4) is 0 Å². The third-order valence-electron chi connectivity index (χ3n) is 27.5. The molecular weight excluding hydrogens is 1780 g/mol. The molecule has 5 heterocycles. The second-order valence-electron chi connectivity index (χ2n) is 35.3. The first-order valence-corrected chi connectivity index (χ1v) is 45.4. The number of carbonyl (C=O) groups excluding carboxylic acids is 9. The first-order chi connectivity index (χ1) is 62.0. The summed E-state index contributed by atoms with van der Waals surface area (Å²) in [6, 6.07) is 54.4. The molecule has 8 aliphatic carbocycles. The van der Waals surface area contributed by atoms with Crippen molar-refractivity contribution in [3.63, 3.8) is 0 Å². The topological polar surface area (TPSA) is 387 Å². The van der Waals surface area contributed by atoms with E-state index in [1.807, 2.05) is 13.0 Å². The van der Waals surface area contributed by atoms with Crippen LogP contribution < -0.4 is 62.9 Å². The van der Waals surface area contributed by atoms with Gasteiger partial charge >= 0.3 is 66.0 Å². The molecule has 3 radical (unpaired) electrons. The monoisotopic (exact) mass is 1900 g/mol. The van der Waals surface area contributed by atoms with E-state index in [9.17, 15) is 55.1 Å². The smallest absolute Gasteiger partial charge is 0.550 e. The number of fused-ring (bicyclic) bond motifs is 4. The van der Waals surface area contributed by atoms with Crippen LogP contribution in [0.4, 0.5) is 26.3 Å². The molecule has 4 aliphatic heterocycles. The predicted octanol–water partition coefficient (Wildman–Crippen LogP) is 11.6. The van der Waals surface area contributed by atoms with E-state index in [1.165, 1.54) is 131 Å². The van der Waals surface area contributed by atoms with Crippen molar-refractivity contribution in [3.05, 3.63) is 215 Å². The normalized spacial score (nSPS) is 26.7. The number of benzene rings is 6. The van der Waals surface area contributed by atoms with Crippen molar-refractivity contribution in [3.8, 4) is 11.5 Å². The third-order valence-corrected chi connectivity index (χ3v) is 27.8. The molecule has 4 saturated heterocycles. The molecule has 133 heavy (non-hydrogen) atoms. The average molecular weight is 1900 g/mol. The van der Waals surface area contributed by atoms with Crippen LogP contribution in [0.5, 0.6) is 0 Å². The number of hydrogen-bond acceptors (Lipinski definition) is 23. The molecule has 8 saturated carbocycles. The Labute approximate surface area is 809 Å². The standard InChI is InChI=1S/C26H26F3N3O.C20H27NO2.C18H25N3O.C12H14O.C8H4ClF3O.C7H13N.C4H6O4.C2H4O2.CO2.B.ClH.H4N2.Na.H2O/c27-26(28,29)19-8-4-7-18(13-19)24-30-31-25(33-24)23-21-14-32(15-22(21)23)20-11-9-17(10-12-20)16-5-2-1-3-6-16;1-2-23-20(22)19-17-12-21(13-18(17)19)16-10-8-15(9-11-16)14-6-4-3-5-7-14;19-20-18(22)17-15-10-21(11-16(15)17)14-8-6-13(7-9-14)12-4-2-1-3-5-12;13-12-8-6-11(7-9-12)10-4-2-1-3-5-10;9-7(13)5-2-1-3-6(4-5)8(10,11)12;1-2-5-6-3-8-4-7(5)6;1-3(5)7-8-4(2)6;1-2(3)4;2-1-3;;;1-2;;/h1-8,13,17,20-23H,9-12,14-15H2;3-7,15-19H,2,8-13H2,1H3;1-5,13-17H,6-11,19H2,(H,20,22);1-5,11H,6-9H2;1-4H;5-8H,2-4H2,1H3;1-2H3;1H3,(H,3,4);;;1H;1-2H2;;1H2/q;;;;;;;;;;;;+1;/p-1/t17?,20?,21-,22+,23?;15?,16?,17-,18+,19?;13?,14?,15-,16+,17?;;;5?,6-,7+;;;;;;;;. The number of nitrogens with one attached hydrogen (secondary N) is 2. The van der Waals surface area contributed by atoms with Crippen LogP contribution in [0.2, 0.25) is 0 Å². The van der Waals surface area contributed by atoms with Crippen molar-refractivity contribution < 1.29 is 129 Å². The number of aliphatic carboxylic acids is 1. The number of hydrazine groups is 2. The first kappa shape index (κ1) is 113. The molecule has 1 aromatic heterocycles. The van der Waals surface area contributed by atoms with E-state index in [2.05, 4.69) is 179 Å². The van der Waals surface area contributed by atoms with Crippen LogP contribution in [0, 0.1) is 65.1 Å². The number of ketones is 1. The van der Waals surface area contributed by atoms with Crippen LogP contribution in [-0.4, -0.2) is 163 Å². The van der Waals surface area contributed by atoms with Crippen molar-refractivity contribution >= 4 is 79.4 Å². The molecule has 12 atom stereocenters. The molecule has 12 aliphatic rings. The second kappa shape index (κ2) is 55.0. The van der Waals surface area contributed by atoms with Crippen molar-refractivity contribution in [2.45, 2.75) is 204 Å². The molecule has 717 valence electrons. The number of piperidine rings is 4. The number of ether oxygens (including phenoxy) is 1. The van der Waals surface area contributed by atoms with Gasteiger partial charge in [0.15, 0.2) is 0 Å². The Morgan fingerprint density at radius 1 is 0.526 bits per heavy atom. The van der Waals surface area contributed by atoms with Crippen LogP contribution >= 0.6 is 24.0 Å². The molecule has 0 bridgehead atoms. The number of carboxylic acid groups (broad SMARTS) is 1. The summed E-state index contributed by atoms with van der Waals surface area (Å²) in [5.74, 6) is 22.2. The molecule has 10 N–H and O–H groups in total. The van der Waals surface area contributed by atoms with Crippen LogP contribution in [-0.2, 0) is 65.2 Å².